The first-order valence-corrected chi connectivity index (χ1v) is 6.53. The minimum Gasteiger partial charge on any atom is -0.357 e. The Morgan fingerprint density at radius 2 is 2.32 bits per heavy atom. The Morgan fingerprint density at radius 3 is 2.89 bits per heavy atom. The highest BCUT2D eigenvalue weighted by Gasteiger charge is 2.56. The lowest BCUT2D eigenvalue weighted by atomic mass is 10.1. The fourth-order valence-electron chi connectivity index (χ4n) is 2.74. The molecule has 3 heterocycles. The second-order valence-corrected chi connectivity index (χ2v) is 5.19. The van der Waals surface area contributed by atoms with E-state index < -0.39 is 5.66 Å². The molecule has 0 bridgehead atoms. The van der Waals surface area contributed by atoms with E-state index in [1.807, 2.05) is 0 Å². The van der Waals surface area contributed by atoms with Crippen LogP contribution >= 0.6 is 12.2 Å². The molecule has 2 amide bonds. The molecule has 0 aromatic carbocycles. The first-order valence-electron chi connectivity index (χ1n) is 6.12. The summed E-state index contributed by atoms with van der Waals surface area (Å²) in [6, 6.07) is 3.46. The zero-order chi connectivity index (χ0) is 13.6. The van der Waals surface area contributed by atoms with Gasteiger partial charge in [0.1, 0.15) is 5.69 Å². The van der Waals surface area contributed by atoms with Gasteiger partial charge in [0, 0.05) is 26.2 Å². The summed E-state index contributed by atoms with van der Waals surface area (Å²) >= 11 is 5.12. The first-order chi connectivity index (χ1) is 9.06. The standard InChI is InChI=1S/C12H14N4O2S/c1-15-10(18)12(14-11(15)19)5-3-7-16(12)9(17)8-4-2-6-13-8/h2,4,6,13H,3,5,7H2,1H3,(H,14,19). The molecule has 2 aliphatic heterocycles. The van der Waals surface area contributed by atoms with Gasteiger partial charge >= 0.3 is 0 Å². The normalized spacial score (nSPS) is 26.4. The Bertz CT molecular complexity index is 556. The largest absolute Gasteiger partial charge is 0.357 e. The van der Waals surface area contributed by atoms with Gasteiger partial charge in [0.15, 0.2) is 10.8 Å². The molecule has 100 valence electrons. The molecule has 0 saturated carbocycles. The van der Waals surface area contributed by atoms with Gasteiger partial charge in [-0.15, -0.1) is 0 Å². The number of likely N-dealkylation sites (tertiary alicyclic amines) is 1. The summed E-state index contributed by atoms with van der Waals surface area (Å²) in [6.07, 6.45) is 3.06. The summed E-state index contributed by atoms with van der Waals surface area (Å²) in [7, 11) is 1.63. The quantitative estimate of drug-likeness (QED) is 0.725. The molecule has 7 heteroatoms. The highest BCUT2D eigenvalue weighted by atomic mass is 32.1. The van der Waals surface area contributed by atoms with Gasteiger partial charge in [-0.05, 0) is 30.8 Å². The van der Waals surface area contributed by atoms with Gasteiger partial charge in [-0.3, -0.25) is 14.5 Å². The molecule has 0 aliphatic carbocycles. The third kappa shape index (κ3) is 1.58. The molecular weight excluding hydrogens is 264 g/mol. The van der Waals surface area contributed by atoms with Crippen LogP contribution < -0.4 is 5.32 Å². The van der Waals surface area contributed by atoms with Crippen molar-refractivity contribution in [1.29, 1.82) is 0 Å². The summed E-state index contributed by atoms with van der Waals surface area (Å²) < 4.78 is 0. The van der Waals surface area contributed by atoms with Gasteiger partial charge in [-0.2, -0.15) is 0 Å². The molecule has 19 heavy (non-hydrogen) atoms. The fraction of sp³-hybridized carbons (Fsp3) is 0.417. The number of aromatic nitrogens is 1. The van der Waals surface area contributed by atoms with Crippen LogP contribution in [0.1, 0.15) is 23.3 Å². The van der Waals surface area contributed by atoms with E-state index in [0.717, 1.165) is 6.42 Å². The zero-order valence-corrected chi connectivity index (χ0v) is 11.3. The molecule has 2 fully saturated rings. The monoisotopic (exact) mass is 278 g/mol. The number of thiocarbonyl (C=S) groups is 1. The van der Waals surface area contributed by atoms with Crippen molar-refractivity contribution in [3.8, 4) is 0 Å². The number of hydrogen-bond acceptors (Lipinski definition) is 3. The SMILES string of the molecule is CN1C(=O)C2(CCCN2C(=O)c2ccc[nH]2)NC1=S. The van der Waals surface area contributed by atoms with E-state index >= 15 is 0 Å². The van der Waals surface area contributed by atoms with Crippen LogP contribution in [0.15, 0.2) is 18.3 Å². The summed E-state index contributed by atoms with van der Waals surface area (Å²) in [6.45, 7) is 0.549. The number of H-pyrrole nitrogens is 1. The highest BCUT2D eigenvalue weighted by molar-refractivity contribution is 7.80. The maximum absolute atomic E-state index is 12.5. The van der Waals surface area contributed by atoms with Gasteiger partial charge in [0.05, 0.1) is 0 Å². The number of nitrogens with one attached hydrogen (secondary N) is 2. The van der Waals surface area contributed by atoms with Gasteiger partial charge in [-0.25, -0.2) is 0 Å². The number of carbonyl (C=O) groups excluding carboxylic acids is 2. The lowest BCUT2D eigenvalue weighted by Crippen LogP contribution is -2.59. The third-order valence-electron chi connectivity index (χ3n) is 3.73. The molecule has 3 rings (SSSR count). The van der Waals surface area contributed by atoms with Gasteiger partial charge in [0.25, 0.3) is 11.8 Å². The van der Waals surface area contributed by atoms with Gasteiger partial charge < -0.3 is 15.2 Å². The highest BCUT2D eigenvalue weighted by Crippen LogP contribution is 2.33. The Hall–Kier alpha value is -1.89. The number of rotatable bonds is 1. The molecule has 1 spiro atoms. The van der Waals surface area contributed by atoms with Crippen molar-refractivity contribution in [2.75, 3.05) is 13.6 Å². The first kappa shape index (κ1) is 12.2. The number of carbonyl (C=O) groups is 2. The van der Waals surface area contributed by atoms with Crippen LogP contribution in [0, 0.1) is 0 Å². The Morgan fingerprint density at radius 1 is 1.53 bits per heavy atom. The Labute approximate surface area is 115 Å². The van der Waals surface area contributed by atoms with E-state index in [9.17, 15) is 9.59 Å². The van der Waals surface area contributed by atoms with Crippen molar-refractivity contribution in [3.05, 3.63) is 24.0 Å². The molecule has 2 aliphatic rings. The van der Waals surface area contributed by atoms with Crippen molar-refractivity contribution >= 4 is 29.1 Å². The van der Waals surface area contributed by atoms with Crippen molar-refractivity contribution in [3.63, 3.8) is 0 Å². The molecule has 1 unspecified atom stereocenters. The second kappa shape index (κ2) is 4.06. The predicted molar refractivity (Wildman–Crippen MR) is 72.3 cm³/mol. The van der Waals surface area contributed by atoms with E-state index in [2.05, 4.69) is 10.3 Å². The molecule has 2 N–H and O–H groups in total. The number of hydrogen-bond donors (Lipinski definition) is 2. The predicted octanol–water partition coefficient (Wildman–Crippen LogP) is 0.293. The van der Waals surface area contributed by atoms with Crippen LogP contribution in [-0.2, 0) is 4.79 Å². The minimum atomic E-state index is -0.992. The molecule has 2 saturated heterocycles. The lowest BCUT2D eigenvalue weighted by Gasteiger charge is -2.32. The molecule has 6 nitrogen and oxygen atoms in total. The van der Waals surface area contributed by atoms with Crippen molar-refractivity contribution in [1.82, 2.24) is 20.1 Å². The zero-order valence-electron chi connectivity index (χ0n) is 10.5. The maximum Gasteiger partial charge on any atom is 0.275 e. The Kier molecular flexibility index (Phi) is 2.60. The van der Waals surface area contributed by atoms with E-state index in [-0.39, 0.29) is 11.8 Å². The minimum absolute atomic E-state index is 0.157. The van der Waals surface area contributed by atoms with Crippen LogP contribution in [-0.4, -0.2) is 51.0 Å². The van der Waals surface area contributed by atoms with Gasteiger partial charge in [0.2, 0.25) is 0 Å². The third-order valence-corrected chi connectivity index (χ3v) is 4.11. The van der Waals surface area contributed by atoms with E-state index in [0.29, 0.717) is 23.8 Å². The van der Waals surface area contributed by atoms with Crippen molar-refractivity contribution in [2.24, 2.45) is 0 Å². The van der Waals surface area contributed by atoms with Crippen molar-refractivity contribution in [2.45, 2.75) is 18.5 Å². The van der Waals surface area contributed by atoms with E-state index in [1.54, 1.807) is 30.3 Å². The van der Waals surface area contributed by atoms with Crippen LogP contribution in [0.25, 0.3) is 0 Å². The lowest BCUT2D eigenvalue weighted by molar-refractivity contribution is -0.134. The van der Waals surface area contributed by atoms with Crippen LogP contribution in [0.3, 0.4) is 0 Å². The van der Waals surface area contributed by atoms with E-state index in [1.165, 1.54) is 4.90 Å². The number of likely N-dealkylation sites (N-methyl/N-ethyl adjacent to an activating group) is 1. The summed E-state index contributed by atoms with van der Waals surface area (Å²) in [5.74, 6) is -0.337. The smallest absolute Gasteiger partial charge is 0.275 e. The summed E-state index contributed by atoms with van der Waals surface area (Å²) in [5, 5.41) is 3.39. The average molecular weight is 278 g/mol. The Balaban J connectivity index is 1.96. The van der Waals surface area contributed by atoms with E-state index in [4.69, 9.17) is 12.2 Å². The second-order valence-electron chi connectivity index (χ2n) is 4.80. The summed E-state index contributed by atoms with van der Waals surface area (Å²) in [4.78, 5) is 30.7. The van der Waals surface area contributed by atoms with Crippen LogP contribution in [0.2, 0.25) is 0 Å². The van der Waals surface area contributed by atoms with Crippen molar-refractivity contribution < 1.29 is 9.59 Å². The number of nitrogens with zero attached hydrogens (tertiary/aromatic N) is 2. The fourth-order valence-corrected chi connectivity index (χ4v) is 2.99. The van der Waals surface area contributed by atoms with Crippen LogP contribution in [0.4, 0.5) is 0 Å². The molecule has 1 aromatic heterocycles. The summed E-state index contributed by atoms with van der Waals surface area (Å²) in [5.41, 5.74) is -0.509. The maximum atomic E-state index is 12.5. The molecular formula is C12H14N4O2S. The molecule has 0 radical (unpaired) electrons. The number of aromatic amines is 1. The average Bonchev–Trinajstić information content (AvgIpc) is 3.09. The van der Waals surface area contributed by atoms with Crippen LogP contribution in [0.5, 0.6) is 0 Å². The van der Waals surface area contributed by atoms with Gasteiger partial charge in [-0.1, -0.05) is 0 Å². The topological polar surface area (TPSA) is 68.4 Å². The molecule has 1 aromatic rings. The molecule has 1 atom stereocenters. The number of amides is 2.